The maximum Gasteiger partial charge on any atom is 0.231 e. The number of hydrogen-bond donors (Lipinski definition) is 2. The lowest BCUT2D eigenvalue weighted by Gasteiger charge is -2.13. The predicted octanol–water partition coefficient (Wildman–Crippen LogP) is 2.49. The van der Waals surface area contributed by atoms with Crippen LogP contribution >= 0.6 is 0 Å². The fourth-order valence-electron chi connectivity index (χ4n) is 1.89. The number of hydrogen-bond acceptors (Lipinski definition) is 2. The molecule has 1 aliphatic carbocycles. The van der Waals surface area contributed by atoms with Crippen molar-refractivity contribution < 1.29 is 4.79 Å². The van der Waals surface area contributed by atoms with Crippen LogP contribution in [0.5, 0.6) is 0 Å². The molecule has 3 nitrogen and oxygen atoms in total. The van der Waals surface area contributed by atoms with Gasteiger partial charge in [0.15, 0.2) is 0 Å². The summed E-state index contributed by atoms with van der Waals surface area (Å²) in [6, 6.07) is 8.03. The third-order valence-electron chi connectivity index (χ3n) is 3.56. The van der Waals surface area contributed by atoms with E-state index in [1.54, 1.807) is 0 Å². The van der Waals surface area contributed by atoms with Crippen molar-refractivity contribution in [3.05, 3.63) is 29.8 Å². The van der Waals surface area contributed by atoms with E-state index in [1.165, 1.54) is 5.56 Å². The molecule has 0 spiro atoms. The highest BCUT2D eigenvalue weighted by Crippen LogP contribution is 2.45. The van der Waals surface area contributed by atoms with Gasteiger partial charge in [-0.1, -0.05) is 26.0 Å². The van der Waals surface area contributed by atoms with Crippen LogP contribution in [0, 0.1) is 5.41 Å². The molecule has 0 saturated heterocycles. The molecule has 0 aliphatic heterocycles. The number of benzene rings is 1. The van der Waals surface area contributed by atoms with E-state index >= 15 is 0 Å². The molecule has 0 heterocycles. The lowest BCUT2D eigenvalue weighted by Crippen LogP contribution is -2.30. The smallest absolute Gasteiger partial charge is 0.231 e. The zero-order valence-corrected chi connectivity index (χ0v) is 10.5. The standard InChI is InChI=1S/C14H20N2O/c1-10(2)11-3-5-12(6-4-11)16-13(17)14(9-15)7-8-14/h3-6,10H,7-9,15H2,1-2H3,(H,16,17). The SMILES string of the molecule is CC(C)c1ccc(NC(=O)C2(CN)CC2)cc1. The molecule has 0 unspecified atom stereocenters. The number of rotatable bonds is 4. The van der Waals surface area contributed by atoms with Crippen molar-refractivity contribution in [2.24, 2.45) is 11.1 Å². The van der Waals surface area contributed by atoms with Crippen molar-refractivity contribution in [3.8, 4) is 0 Å². The maximum atomic E-state index is 12.0. The minimum absolute atomic E-state index is 0.0669. The zero-order chi connectivity index (χ0) is 12.5. The van der Waals surface area contributed by atoms with E-state index in [1.807, 2.05) is 12.1 Å². The summed E-state index contributed by atoms with van der Waals surface area (Å²) in [6.45, 7) is 4.76. The van der Waals surface area contributed by atoms with Crippen LogP contribution in [0.4, 0.5) is 5.69 Å². The molecule has 0 bridgehead atoms. The van der Waals surface area contributed by atoms with Gasteiger partial charge in [-0.05, 0) is 36.5 Å². The van der Waals surface area contributed by atoms with Gasteiger partial charge in [0.25, 0.3) is 0 Å². The van der Waals surface area contributed by atoms with E-state index in [-0.39, 0.29) is 11.3 Å². The molecule has 0 atom stereocenters. The molecule has 2 rings (SSSR count). The molecule has 3 heteroatoms. The highest BCUT2D eigenvalue weighted by molar-refractivity contribution is 5.97. The summed E-state index contributed by atoms with van der Waals surface area (Å²) < 4.78 is 0. The van der Waals surface area contributed by atoms with Gasteiger partial charge in [-0.25, -0.2) is 0 Å². The Bertz CT molecular complexity index is 405. The lowest BCUT2D eigenvalue weighted by atomic mass is 10.0. The molecule has 1 fully saturated rings. The molecule has 1 saturated carbocycles. The van der Waals surface area contributed by atoms with E-state index in [9.17, 15) is 4.79 Å². The van der Waals surface area contributed by atoms with Crippen LogP contribution in [0.15, 0.2) is 24.3 Å². The summed E-state index contributed by atoms with van der Waals surface area (Å²) in [5, 5.41) is 2.94. The molecular weight excluding hydrogens is 212 g/mol. The average molecular weight is 232 g/mol. The monoisotopic (exact) mass is 232 g/mol. The highest BCUT2D eigenvalue weighted by atomic mass is 16.2. The van der Waals surface area contributed by atoms with Crippen LogP contribution in [0.3, 0.4) is 0 Å². The number of carbonyl (C=O) groups excluding carboxylic acids is 1. The molecule has 1 aromatic carbocycles. The number of nitrogens with one attached hydrogen (secondary N) is 1. The number of carbonyl (C=O) groups is 1. The van der Waals surface area contributed by atoms with Gasteiger partial charge in [-0.15, -0.1) is 0 Å². The molecule has 0 aromatic heterocycles. The summed E-state index contributed by atoms with van der Waals surface area (Å²) in [5.74, 6) is 0.580. The van der Waals surface area contributed by atoms with Gasteiger partial charge in [0.1, 0.15) is 0 Å². The Kier molecular flexibility index (Phi) is 3.20. The quantitative estimate of drug-likeness (QED) is 0.838. The van der Waals surface area contributed by atoms with Gasteiger partial charge in [0, 0.05) is 12.2 Å². The van der Waals surface area contributed by atoms with E-state index in [2.05, 4.69) is 31.3 Å². The third kappa shape index (κ3) is 2.50. The van der Waals surface area contributed by atoms with Gasteiger partial charge in [-0.3, -0.25) is 4.79 Å². The van der Waals surface area contributed by atoms with E-state index in [0.717, 1.165) is 18.5 Å². The first kappa shape index (κ1) is 12.1. The first-order valence-corrected chi connectivity index (χ1v) is 6.19. The molecule has 92 valence electrons. The molecule has 1 aromatic rings. The predicted molar refractivity (Wildman–Crippen MR) is 69.9 cm³/mol. The second-order valence-electron chi connectivity index (χ2n) is 5.22. The lowest BCUT2D eigenvalue weighted by molar-refractivity contribution is -0.120. The first-order valence-electron chi connectivity index (χ1n) is 6.19. The fourth-order valence-corrected chi connectivity index (χ4v) is 1.89. The van der Waals surface area contributed by atoms with Crippen LogP contribution in [-0.4, -0.2) is 12.5 Å². The summed E-state index contributed by atoms with van der Waals surface area (Å²) in [6.07, 6.45) is 1.83. The normalized spacial score (nSPS) is 16.9. The minimum Gasteiger partial charge on any atom is -0.329 e. The zero-order valence-electron chi connectivity index (χ0n) is 10.5. The molecule has 0 radical (unpaired) electrons. The molecule has 3 N–H and O–H groups in total. The fraction of sp³-hybridized carbons (Fsp3) is 0.500. The molecule has 1 amide bonds. The average Bonchev–Trinajstić information content (AvgIpc) is 3.10. The largest absolute Gasteiger partial charge is 0.329 e. The van der Waals surface area contributed by atoms with Crippen LogP contribution in [-0.2, 0) is 4.79 Å². The topological polar surface area (TPSA) is 55.1 Å². The number of amides is 1. The van der Waals surface area contributed by atoms with E-state index in [4.69, 9.17) is 5.73 Å². The van der Waals surface area contributed by atoms with Gasteiger partial charge >= 0.3 is 0 Å². The Balaban J connectivity index is 2.02. The minimum atomic E-state index is -0.281. The maximum absolute atomic E-state index is 12.0. The Morgan fingerprint density at radius 1 is 1.35 bits per heavy atom. The second kappa shape index (κ2) is 4.49. The third-order valence-corrected chi connectivity index (χ3v) is 3.56. The Hall–Kier alpha value is -1.35. The highest BCUT2D eigenvalue weighted by Gasteiger charge is 2.48. The van der Waals surface area contributed by atoms with Gasteiger partial charge < -0.3 is 11.1 Å². The van der Waals surface area contributed by atoms with Crippen molar-refractivity contribution in [1.82, 2.24) is 0 Å². The molecule has 17 heavy (non-hydrogen) atoms. The Morgan fingerprint density at radius 3 is 2.35 bits per heavy atom. The summed E-state index contributed by atoms with van der Waals surface area (Å²) in [4.78, 5) is 12.0. The van der Waals surface area contributed by atoms with Crippen molar-refractivity contribution in [3.63, 3.8) is 0 Å². The van der Waals surface area contributed by atoms with Gasteiger partial charge in [0.2, 0.25) is 5.91 Å². The molecular formula is C14H20N2O. The van der Waals surface area contributed by atoms with E-state index < -0.39 is 0 Å². The van der Waals surface area contributed by atoms with Gasteiger partial charge in [-0.2, -0.15) is 0 Å². The Morgan fingerprint density at radius 2 is 1.94 bits per heavy atom. The van der Waals surface area contributed by atoms with Crippen LogP contribution in [0.1, 0.15) is 38.2 Å². The summed E-state index contributed by atoms with van der Waals surface area (Å²) >= 11 is 0. The van der Waals surface area contributed by atoms with Crippen LogP contribution in [0.2, 0.25) is 0 Å². The summed E-state index contributed by atoms with van der Waals surface area (Å²) in [5.41, 5.74) is 7.49. The van der Waals surface area contributed by atoms with Crippen molar-refractivity contribution >= 4 is 11.6 Å². The van der Waals surface area contributed by atoms with Gasteiger partial charge in [0.05, 0.1) is 5.41 Å². The van der Waals surface area contributed by atoms with Crippen molar-refractivity contribution in [1.29, 1.82) is 0 Å². The summed E-state index contributed by atoms with van der Waals surface area (Å²) in [7, 11) is 0. The van der Waals surface area contributed by atoms with E-state index in [0.29, 0.717) is 12.5 Å². The second-order valence-corrected chi connectivity index (χ2v) is 5.22. The number of nitrogens with two attached hydrogens (primary N) is 1. The van der Waals surface area contributed by atoms with Crippen molar-refractivity contribution in [2.75, 3.05) is 11.9 Å². The van der Waals surface area contributed by atoms with Crippen molar-refractivity contribution in [2.45, 2.75) is 32.6 Å². The Labute approximate surface area is 102 Å². The molecule has 1 aliphatic rings. The first-order chi connectivity index (χ1) is 8.07. The number of anilines is 1. The van der Waals surface area contributed by atoms with Crippen LogP contribution < -0.4 is 11.1 Å². The van der Waals surface area contributed by atoms with Crippen LogP contribution in [0.25, 0.3) is 0 Å².